The third-order valence-corrected chi connectivity index (χ3v) is 17.2. The smallest absolute Gasteiger partial charge is 0.343 e. The Balaban J connectivity index is 1.03. The molecule has 8 N–H and O–H groups in total. The van der Waals surface area contributed by atoms with Crippen LogP contribution >= 0.6 is 0 Å². The summed E-state index contributed by atoms with van der Waals surface area (Å²) in [4.78, 5) is 18.3. The number of benzene rings is 4. The van der Waals surface area contributed by atoms with E-state index >= 15 is 4.79 Å². The molecule has 7 aliphatic rings. The van der Waals surface area contributed by atoms with Crippen molar-refractivity contribution in [3.05, 3.63) is 96.2 Å². The molecule has 4 aromatic carbocycles. The van der Waals surface area contributed by atoms with Crippen molar-refractivity contribution in [2.24, 2.45) is 35.0 Å². The molecule has 0 amide bonds. The van der Waals surface area contributed by atoms with Gasteiger partial charge in [0.05, 0.1) is 34.9 Å². The lowest BCUT2D eigenvalue weighted by Crippen LogP contribution is -2.83. The van der Waals surface area contributed by atoms with Gasteiger partial charge >= 0.3 is 5.97 Å². The molecule has 1 aromatic heterocycles. The van der Waals surface area contributed by atoms with E-state index in [2.05, 4.69) is 22.4 Å². The molecular weight excluding hydrogens is 777 g/mol. The van der Waals surface area contributed by atoms with Crippen LogP contribution in [0.15, 0.2) is 84.9 Å². The lowest BCUT2D eigenvalue weighted by Gasteiger charge is -2.73. The van der Waals surface area contributed by atoms with Crippen molar-refractivity contribution >= 4 is 38.4 Å². The zero-order valence-electron chi connectivity index (χ0n) is 34.0. The van der Waals surface area contributed by atoms with Gasteiger partial charge in [0.1, 0.15) is 18.0 Å². The second kappa shape index (κ2) is 12.9. The van der Waals surface area contributed by atoms with Crippen molar-refractivity contribution in [2.45, 2.75) is 98.4 Å². The highest BCUT2D eigenvalue weighted by Gasteiger charge is 2.87. The number of hydrogen-bond acceptors (Lipinski definition) is 11. The molecule has 2 aliphatic heterocycles. The molecule has 3 heterocycles. The van der Waals surface area contributed by atoms with Gasteiger partial charge in [-0.2, -0.15) is 0 Å². The molecule has 318 valence electrons. The topological polar surface area (TPSA) is 194 Å². The highest BCUT2D eigenvalue weighted by atomic mass is 16.7. The predicted octanol–water partition coefficient (Wildman–Crippen LogP) is 4.84. The normalized spacial score (nSPS) is 41.8. The SMILES string of the molecule is CNCC1CC2C3C4C=CC2(OC2C(C(=O)Oc5c(CO)[nH]c6ccc7cc8ccccc8cc7c56)OC(O)(C(O)C4)C23O)C2(CCC3CCCC32c2ccc(O)cc2)C1O. The Hall–Kier alpha value is -4.37. The lowest BCUT2D eigenvalue weighted by atomic mass is 9.37. The summed E-state index contributed by atoms with van der Waals surface area (Å²) in [6.07, 6.45) is 3.08. The van der Waals surface area contributed by atoms with Gasteiger partial charge in [0.15, 0.2) is 17.5 Å². The summed E-state index contributed by atoms with van der Waals surface area (Å²) >= 11 is 0. The first-order valence-corrected chi connectivity index (χ1v) is 22.0. The van der Waals surface area contributed by atoms with Gasteiger partial charge in [0.2, 0.25) is 5.79 Å². The molecule has 1 spiro atoms. The van der Waals surface area contributed by atoms with Crippen LogP contribution in [0.4, 0.5) is 0 Å². The Kier molecular flexibility index (Phi) is 8.08. The number of aliphatic hydroxyl groups is 5. The molecule has 2 saturated heterocycles. The molecule has 6 fully saturated rings. The van der Waals surface area contributed by atoms with E-state index in [-0.39, 0.29) is 35.4 Å². The molecule has 12 heteroatoms. The second-order valence-corrected chi connectivity index (χ2v) is 19.3. The minimum Gasteiger partial charge on any atom is -0.508 e. The Bertz CT molecular complexity index is 2660. The molecular formula is C49H52N2O10. The summed E-state index contributed by atoms with van der Waals surface area (Å²) in [5.74, 6) is -4.90. The monoisotopic (exact) mass is 828 g/mol. The highest BCUT2D eigenvalue weighted by Crippen LogP contribution is 2.78. The van der Waals surface area contributed by atoms with Crippen LogP contribution in [0, 0.1) is 35.0 Å². The minimum absolute atomic E-state index is 0.0794. The maximum Gasteiger partial charge on any atom is 0.343 e. The average Bonchev–Trinajstić information content (AvgIpc) is 3.99. The summed E-state index contributed by atoms with van der Waals surface area (Å²) in [6.45, 7) is 0.0356. The van der Waals surface area contributed by atoms with Crippen molar-refractivity contribution in [3.63, 3.8) is 0 Å². The van der Waals surface area contributed by atoms with Crippen molar-refractivity contribution in [1.29, 1.82) is 0 Å². The maximum atomic E-state index is 15.1. The van der Waals surface area contributed by atoms with Gasteiger partial charge in [-0.1, -0.05) is 61.0 Å². The Morgan fingerprint density at radius 2 is 1.74 bits per heavy atom. The van der Waals surface area contributed by atoms with Crippen LogP contribution in [0.2, 0.25) is 0 Å². The minimum atomic E-state index is -2.59. The van der Waals surface area contributed by atoms with Crippen LogP contribution in [0.1, 0.15) is 56.2 Å². The van der Waals surface area contributed by atoms with Crippen molar-refractivity contribution < 1.29 is 49.6 Å². The summed E-state index contributed by atoms with van der Waals surface area (Å²) < 4.78 is 20.3. The number of H-pyrrole nitrogens is 1. The molecule has 12 nitrogen and oxygen atoms in total. The van der Waals surface area contributed by atoms with Crippen molar-refractivity contribution in [2.75, 3.05) is 13.6 Å². The van der Waals surface area contributed by atoms with Gasteiger partial charge in [0, 0.05) is 23.3 Å². The number of aromatic hydroxyl groups is 1. The van der Waals surface area contributed by atoms with E-state index in [0.29, 0.717) is 30.3 Å². The Morgan fingerprint density at radius 3 is 2.51 bits per heavy atom. The predicted molar refractivity (Wildman–Crippen MR) is 224 cm³/mol. The number of carbonyl (C=O) groups is 1. The number of phenolic OH excluding ortho intramolecular Hbond substituents is 1. The fourth-order valence-electron chi connectivity index (χ4n) is 15.2. The number of fused-ring (bicyclic) bond motifs is 6. The molecule has 61 heavy (non-hydrogen) atoms. The van der Waals surface area contributed by atoms with Crippen LogP contribution in [-0.2, 0) is 26.3 Å². The Labute approximate surface area is 352 Å². The zero-order valence-corrected chi connectivity index (χ0v) is 34.0. The largest absolute Gasteiger partial charge is 0.508 e. The number of ether oxygens (including phenoxy) is 3. The first-order valence-electron chi connectivity index (χ1n) is 22.0. The number of phenols is 1. The Morgan fingerprint density at radius 1 is 0.951 bits per heavy atom. The molecule has 12 rings (SSSR count). The van der Waals surface area contributed by atoms with E-state index in [0.717, 1.165) is 52.8 Å². The fourth-order valence-corrected chi connectivity index (χ4v) is 15.2. The van der Waals surface area contributed by atoms with Gasteiger partial charge in [-0.3, -0.25) is 0 Å². The highest BCUT2D eigenvalue weighted by molar-refractivity contribution is 6.14. The third-order valence-electron chi connectivity index (χ3n) is 17.2. The molecule has 4 saturated carbocycles. The maximum absolute atomic E-state index is 15.1. The van der Waals surface area contributed by atoms with E-state index in [1.165, 1.54) is 0 Å². The first kappa shape index (κ1) is 38.3. The number of allylic oxidation sites excluding steroid dienone is 1. The molecule has 5 aliphatic carbocycles. The number of rotatable bonds is 6. The molecule has 5 aromatic rings. The van der Waals surface area contributed by atoms with Gasteiger partial charge in [-0.05, 0) is 127 Å². The third kappa shape index (κ3) is 4.50. The van der Waals surface area contributed by atoms with E-state index < -0.39 is 82.6 Å². The van der Waals surface area contributed by atoms with Crippen LogP contribution in [-0.4, -0.2) is 96.6 Å². The number of nitrogens with one attached hydrogen (secondary N) is 2. The molecule has 2 bridgehead atoms. The van der Waals surface area contributed by atoms with E-state index in [4.69, 9.17) is 14.2 Å². The summed E-state index contributed by atoms with van der Waals surface area (Å²) in [6, 6.07) is 23.3. The zero-order chi connectivity index (χ0) is 41.8. The van der Waals surface area contributed by atoms with Crippen molar-refractivity contribution in [1.82, 2.24) is 10.3 Å². The number of aromatic nitrogens is 1. The fraction of sp³-hybridized carbons (Fsp3) is 0.490. The van der Waals surface area contributed by atoms with E-state index in [1.54, 1.807) is 12.1 Å². The first-order chi connectivity index (χ1) is 29.5. The van der Waals surface area contributed by atoms with Crippen LogP contribution < -0.4 is 10.1 Å². The standard InChI is InChI=1S/C49H52N2O10/c1-50-23-29-21-34-39-28-14-18-47(34,46(42(29)55)17-15-30-7-4-16-45(30,46)31-9-11-32(53)12-10-31)61-43-41(60-49(58,37(54)22-28)48(39,43)57)44(56)59-40-36(24-52)51-35-13-8-27-19-25-5-2-3-6-26(25)20-33(27)38(35)40/h2-3,5-6,8-14,18-20,28-30,34,37,39,41-43,50-55,57-58H,4,7,15-17,21-24H2,1H3. The van der Waals surface area contributed by atoms with Crippen LogP contribution in [0.25, 0.3) is 32.4 Å². The van der Waals surface area contributed by atoms with Crippen LogP contribution in [0.5, 0.6) is 11.5 Å². The molecule has 14 atom stereocenters. The second-order valence-electron chi connectivity index (χ2n) is 19.3. The number of hydrogen-bond donors (Lipinski definition) is 8. The summed E-state index contributed by atoms with van der Waals surface area (Å²) in [5.41, 5.74) is -3.12. The van der Waals surface area contributed by atoms with Gasteiger partial charge < -0.3 is 55.2 Å². The lowest BCUT2D eigenvalue weighted by molar-refractivity contribution is -0.395. The van der Waals surface area contributed by atoms with E-state index in [1.807, 2.05) is 67.7 Å². The van der Waals surface area contributed by atoms with Gasteiger partial charge in [-0.25, -0.2) is 4.79 Å². The number of aromatic amines is 1. The van der Waals surface area contributed by atoms with Crippen molar-refractivity contribution in [3.8, 4) is 11.5 Å². The average molecular weight is 829 g/mol. The number of aliphatic hydroxyl groups excluding tert-OH is 3. The van der Waals surface area contributed by atoms with Gasteiger partial charge in [0.25, 0.3) is 0 Å². The summed E-state index contributed by atoms with van der Waals surface area (Å²) in [5, 5.41) is 79.8. The number of carbonyl (C=O) groups excluding carboxylic acids is 1. The van der Waals surface area contributed by atoms with Gasteiger partial charge in [-0.15, -0.1) is 0 Å². The molecule has 14 unspecified atom stereocenters. The quantitative estimate of drug-likeness (QED) is 0.0664. The molecule has 0 radical (unpaired) electrons. The number of esters is 1. The van der Waals surface area contributed by atoms with Crippen LogP contribution in [0.3, 0.4) is 0 Å². The van der Waals surface area contributed by atoms with E-state index in [9.17, 15) is 30.6 Å². The summed E-state index contributed by atoms with van der Waals surface area (Å²) in [7, 11) is 1.87.